The summed E-state index contributed by atoms with van der Waals surface area (Å²) < 4.78 is 12.4. The summed E-state index contributed by atoms with van der Waals surface area (Å²) in [6.07, 6.45) is 9.87. The second kappa shape index (κ2) is 6.43. The lowest BCUT2D eigenvalue weighted by atomic mass is 9.82. The number of hydrogen-bond donors (Lipinski definition) is 0. The molecule has 25 heavy (non-hydrogen) atoms. The maximum absolute atomic E-state index is 11.9. The number of carbonyl (C=O) groups excluding carboxylic acids is 1. The quantitative estimate of drug-likeness (QED) is 0.611. The molecule has 4 heteroatoms. The Bertz CT molecular complexity index is 899. The summed E-state index contributed by atoms with van der Waals surface area (Å²) in [7, 11) is 3.49. The Balaban J connectivity index is 1.96. The van der Waals surface area contributed by atoms with E-state index in [1.54, 1.807) is 6.26 Å². The maximum Gasteiger partial charge on any atom is 0.337 e. The van der Waals surface area contributed by atoms with Crippen LogP contribution in [0.3, 0.4) is 0 Å². The minimum atomic E-state index is -0.299. The van der Waals surface area contributed by atoms with E-state index in [2.05, 4.69) is 17.7 Å². The van der Waals surface area contributed by atoms with Crippen molar-refractivity contribution in [2.24, 2.45) is 7.05 Å². The van der Waals surface area contributed by atoms with Crippen molar-refractivity contribution < 1.29 is 13.9 Å². The van der Waals surface area contributed by atoms with Crippen molar-refractivity contribution in [3.8, 4) is 11.3 Å². The summed E-state index contributed by atoms with van der Waals surface area (Å²) in [5, 5.41) is 1.23. The molecule has 0 atom stereocenters. The Morgan fingerprint density at radius 1 is 1.20 bits per heavy atom. The highest BCUT2D eigenvalue weighted by Crippen LogP contribution is 2.43. The predicted molar refractivity (Wildman–Crippen MR) is 97.8 cm³/mol. The van der Waals surface area contributed by atoms with Crippen LogP contribution in [0.4, 0.5) is 0 Å². The van der Waals surface area contributed by atoms with E-state index in [0.29, 0.717) is 11.5 Å². The van der Waals surface area contributed by atoms with Crippen molar-refractivity contribution in [3.05, 3.63) is 47.9 Å². The molecule has 1 aliphatic rings. The van der Waals surface area contributed by atoms with Crippen LogP contribution in [0.15, 0.2) is 41.2 Å². The van der Waals surface area contributed by atoms with Crippen LogP contribution in [0.1, 0.15) is 53.9 Å². The second-order valence-corrected chi connectivity index (χ2v) is 6.89. The van der Waals surface area contributed by atoms with Gasteiger partial charge in [-0.1, -0.05) is 25.3 Å². The zero-order valence-corrected chi connectivity index (χ0v) is 14.7. The van der Waals surface area contributed by atoms with Crippen molar-refractivity contribution in [2.45, 2.75) is 38.0 Å². The predicted octanol–water partition coefficient (Wildman–Crippen LogP) is 5.27. The molecule has 1 aromatic carbocycles. The van der Waals surface area contributed by atoms with Crippen molar-refractivity contribution in [2.75, 3.05) is 7.11 Å². The Morgan fingerprint density at radius 2 is 2.00 bits per heavy atom. The van der Waals surface area contributed by atoms with E-state index in [0.717, 1.165) is 11.1 Å². The molecule has 0 spiro atoms. The summed E-state index contributed by atoms with van der Waals surface area (Å²) in [5.74, 6) is 0.263. The average Bonchev–Trinajstić information content (AvgIpc) is 3.28. The van der Waals surface area contributed by atoms with Crippen molar-refractivity contribution in [1.82, 2.24) is 4.57 Å². The zero-order chi connectivity index (χ0) is 17.4. The van der Waals surface area contributed by atoms with Gasteiger partial charge in [0.1, 0.15) is 0 Å². The fourth-order valence-electron chi connectivity index (χ4n) is 4.26. The van der Waals surface area contributed by atoms with E-state index in [1.807, 2.05) is 24.5 Å². The molecular formula is C21H23NO3. The standard InChI is InChI=1S/C21H23NO3/c1-22-18-12-15(21(23)24-2)8-9-17(18)19(14-6-4-3-5-7-14)20(22)16-10-11-25-13-16/h8-14H,3-7H2,1-2H3. The molecule has 0 saturated heterocycles. The SMILES string of the molecule is COC(=O)c1ccc2c(C3CCCCC3)c(-c3ccoc3)n(C)c2c1. The Kier molecular flexibility index (Phi) is 4.12. The monoisotopic (exact) mass is 337 g/mol. The van der Waals surface area contributed by atoms with E-state index in [1.165, 1.54) is 55.9 Å². The fraction of sp³-hybridized carbons (Fsp3) is 0.381. The molecule has 1 fully saturated rings. The fourth-order valence-corrected chi connectivity index (χ4v) is 4.26. The molecule has 1 saturated carbocycles. The molecule has 4 rings (SSSR count). The molecule has 0 unspecified atom stereocenters. The highest BCUT2D eigenvalue weighted by molar-refractivity contribution is 5.98. The number of benzene rings is 1. The number of ether oxygens (including phenoxy) is 1. The van der Waals surface area contributed by atoms with Crippen LogP contribution in [0, 0.1) is 0 Å². The summed E-state index contributed by atoms with van der Waals surface area (Å²) >= 11 is 0. The summed E-state index contributed by atoms with van der Waals surface area (Å²) in [6, 6.07) is 7.91. The van der Waals surface area contributed by atoms with Crippen LogP contribution in [-0.4, -0.2) is 17.6 Å². The molecule has 1 aliphatic carbocycles. The normalized spacial score (nSPS) is 15.6. The Morgan fingerprint density at radius 3 is 2.68 bits per heavy atom. The molecule has 0 aliphatic heterocycles. The first-order chi connectivity index (χ1) is 12.2. The highest BCUT2D eigenvalue weighted by atomic mass is 16.5. The zero-order valence-electron chi connectivity index (χ0n) is 14.7. The largest absolute Gasteiger partial charge is 0.472 e. The van der Waals surface area contributed by atoms with Gasteiger partial charge in [0.15, 0.2) is 0 Å². The number of esters is 1. The van der Waals surface area contributed by atoms with Gasteiger partial charge in [0.05, 0.1) is 30.9 Å². The van der Waals surface area contributed by atoms with Crippen LogP contribution in [0.2, 0.25) is 0 Å². The number of furan rings is 1. The van der Waals surface area contributed by atoms with Gasteiger partial charge in [-0.3, -0.25) is 0 Å². The number of aromatic nitrogens is 1. The van der Waals surface area contributed by atoms with E-state index in [-0.39, 0.29) is 5.97 Å². The van der Waals surface area contributed by atoms with Gasteiger partial charge in [0.2, 0.25) is 0 Å². The molecule has 0 radical (unpaired) electrons. The molecule has 3 aromatic rings. The first-order valence-corrected chi connectivity index (χ1v) is 8.94. The lowest BCUT2D eigenvalue weighted by Crippen LogP contribution is -2.06. The van der Waals surface area contributed by atoms with Gasteiger partial charge >= 0.3 is 5.97 Å². The lowest BCUT2D eigenvalue weighted by molar-refractivity contribution is 0.0601. The highest BCUT2D eigenvalue weighted by Gasteiger charge is 2.26. The third kappa shape index (κ3) is 2.66. The van der Waals surface area contributed by atoms with Gasteiger partial charge < -0.3 is 13.7 Å². The van der Waals surface area contributed by atoms with E-state index in [4.69, 9.17) is 9.15 Å². The van der Waals surface area contributed by atoms with E-state index >= 15 is 0 Å². The van der Waals surface area contributed by atoms with E-state index in [9.17, 15) is 4.79 Å². The number of nitrogens with zero attached hydrogens (tertiary/aromatic N) is 1. The molecule has 0 bridgehead atoms. The molecular weight excluding hydrogens is 314 g/mol. The molecule has 2 heterocycles. The summed E-state index contributed by atoms with van der Waals surface area (Å²) in [4.78, 5) is 11.9. The maximum atomic E-state index is 11.9. The van der Waals surface area contributed by atoms with Crippen LogP contribution < -0.4 is 0 Å². The van der Waals surface area contributed by atoms with Gasteiger partial charge in [-0.2, -0.15) is 0 Å². The smallest absolute Gasteiger partial charge is 0.337 e. The number of hydrogen-bond acceptors (Lipinski definition) is 3. The van der Waals surface area contributed by atoms with Crippen LogP contribution >= 0.6 is 0 Å². The molecule has 2 aromatic heterocycles. The number of fused-ring (bicyclic) bond motifs is 1. The number of rotatable bonds is 3. The number of methoxy groups -OCH3 is 1. The number of aryl methyl sites for hydroxylation is 1. The van der Waals surface area contributed by atoms with Crippen molar-refractivity contribution in [3.63, 3.8) is 0 Å². The average molecular weight is 337 g/mol. The van der Waals surface area contributed by atoms with Gasteiger partial charge in [-0.15, -0.1) is 0 Å². The van der Waals surface area contributed by atoms with E-state index < -0.39 is 0 Å². The van der Waals surface area contributed by atoms with Gasteiger partial charge in [-0.25, -0.2) is 4.79 Å². The molecule has 0 N–H and O–H groups in total. The molecule has 0 amide bonds. The van der Waals surface area contributed by atoms with Crippen molar-refractivity contribution in [1.29, 1.82) is 0 Å². The molecule has 4 nitrogen and oxygen atoms in total. The van der Waals surface area contributed by atoms with Crippen LogP contribution in [0.25, 0.3) is 22.2 Å². The molecule has 130 valence electrons. The third-order valence-corrected chi connectivity index (χ3v) is 5.47. The lowest BCUT2D eigenvalue weighted by Gasteiger charge is -2.23. The third-order valence-electron chi connectivity index (χ3n) is 5.47. The first-order valence-electron chi connectivity index (χ1n) is 8.94. The van der Waals surface area contributed by atoms with Gasteiger partial charge in [0.25, 0.3) is 0 Å². The summed E-state index contributed by atoms with van der Waals surface area (Å²) in [6.45, 7) is 0. The minimum Gasteiger partial charge on any atom is -0.472 e. The van der Waals surface area contributed by atoms with Gasteiger partial charge in [0, 0.05) is 23.5 Å². The second-order valence-electron chi connectivity index (χ2n) is 6.89. The minimum absolute atomic E-state index is 0.299. The topological polar surface area (TPSA) is 44.4 Å². The van der Waals surface area contributed by atoms with Crippen LogP contribution in [0.5, 0.6) is 0 Å². The Hall–Kier alpha value is -2.49. The van der Waals surface area contributed by atoms with Crippen LogP contribution in [-0.2, 0) is 11.8 Å². The van der Waals surface area contributed by atoms with Crippen molar-refractivity contribution >= 4 is 16.9 Å². The summed E-state index contributed by atoms with van der Waals surface area (Å²) in [5.41, 5.74) is 5.36. The Labute approximate surface area is 147 Å². The van der Waals surface area contributed by atoms with Gasteiger partial charge in [-0.05, 0) is 42.5 Å². The first kappa shape index (κ1) is 16.0. The number of carbonyl (C=O) groups is 1.